The zero-order valence-electron chi connectivity index (χ0n) is 21.3. The summed E-state index contributed by atoms with van der Waals surface area (Å²) < 4.78 is 20.7. The second kappa shape index (κ2) is 11.3. The molecule has 39 heavy (non-hydrogen) atoms. The Morgan fingerprint density at radius 1 is 0.974 bits per heavy atom. The summed E-state index contributed by atoms with van der Waals surface area (Å²) in [4.78, 5) is 40.0. The lowest BCUT2D eigenvalue weighted by Gasteiger charge is -2.09. The van der Waals surface area contributed by atoms with Gasteiger partial charge < -0.3 is 0 Å². The predicted octanol–water partition coefficient (Wildman–Crippen LogP) is 4.47. The molecular weight excluding hydrogens is 501 g/mol. The Morgan fingerprint density at radius 2 is 1.69 bits per heavy atom. The maximum Gasteiger partial charge on any atom is 0.439 e. The third-order valence-electron chi connectivity index (χ3n) is 6.44. The highest BCUT2D eigenvalue weighted by Gasteiger charge is 2.17. The quantitative estimate of drug-likeness (QED) is 0.268. The van der Waals surface area contributed by atoms with E-state index in [9.17, 15) is 18.8 Å². The Kier molecular flexibility index (Phi) is 7.44. The third-order valence-corrected chi connectivity index (χ3v) is 6.44. The van der Waals surface area contributed by atoms with E-state index < -0.39 is 11.6 Å². The number of Topliss-reactive ketones (excluding diaryl/α,β-unsaturated/α-hetero) is 1. The van der Waals surface area contributed by atoms with Crippen molar-refractivity contribution >= 4 is 5.78 Å². The van der Waals surface area contributed by atoms with Crippen molar-refractivity contribution in [2.75, 3.05) is 0 Å². The molecule has 0 saturated heterocycles. The van der Waals surface area contributed by atoms with Gasteiger partial charge in [0.05, 0.1) is 6.54 Å². The first-order valence-corrected chi connectivity index (χ1v) is 12.6. The first kappa shape index (κ1) is 25.8. The Balaban J connectivity index is 1.40. The Hall–Kier alpha value is -4.86. The predicted molar refractivity (Wildman–Crippen MR) is 143 cm³/mol. The van der Waals surface area contributed by atoms with Crippen LogP contribution in [0.4, 0.5) is 4.39 Å². The van der Waals surface area contributed by atoms with E-state index in [1.807, 2.05) is 48.5 Å². The molecule has 9 nitrogen and oxygen atoms in total. The number of ketones is 1. The van der Waals surface area contributed by atoms with Gasteiger partial charge in [0.1, 0.15) is 18.2 Å². The fourth-order valence-electron chi connectivity index (χ4n) is 4.39. The number of nitrogens with one attached hydrogen (secondary N) is 1. The molecule has 0 fully saturated rings. The van der Waals surface area contributed by atoms with E-state index >= 15 is 0 Å². The molecule has 0 bridgehead atoms. The van der Waals surface area contributed by atoms with Crippen LogP contribution in [0.15, 0.2) is 86.9 Å². The largest absolute Gasteiger partial charge is 0.439 e. The lowest BCUT2D eigenvalue weighted by molar-refractivity contribution is 0.0966. The van der Waals surface area contributed by atoms with Crippen LogP contribution in [0.1, 0.15) is 41.5 Å². The topological polar surface area (TPSA) is 116 Å². The molecule has 0 amide bonds. The van der Waals surface area contributed by atoms with E-state index in [1.165, 1.54) is 28.9 Å². The number of aromatic amines is 1. The van der Waals surface area contributed by atoms with Gasteiger partial charge in [-0.05, 0) is 47.4 Å². The van der Waals surface area contributed by atoms with E-state index in [1.54, 1.807) is 4.57 Å². The SMILES string of the molecule is CCCCc1nn(CC(=O)c2ccc(F)cc2)c(=O)n1Cc1ccc(-c2ccccc2-c2noc(=O)[nH]2)cc1. The van der Waals surface area contributed by atoms with Crippen molar-refractivity contribution < 1.29 is 13.7 Å². The van der Waals surface area contributed by atoms with Gasteiger partial charge in [0, 0.05) is 17.5 Å². The molecule has 5 rings (SSSR count). The van der Waals surface area contributed by atoms with Crippen LogP contribution in [0.3, 0.4) is 0 Å². The number of aromatic nitrogens is 5. The summed E-state index contributed by atoms with van der Waals surface area (Å²) in [7, 11) is 0. The molecule has 2 aromatic heterocycles. The zero-order valence-corrected chi connectivity index (χ0v) is 21.3. The number of hydrogen-bond acceptors (Lipinski definition) is 6. The summed E-state index contributed by atoms with van der Waals surface area (Å²) in [6, 6.07) is 20.5. The smallest absolute Gasteiger partial charge is 0.296 e. The summed E-state index contributed by atoms with van der Waals surface area (Å²) in [5.41, 5.74) is 3.31. The lowest BCUT2D eigenvalue weighted by Crippen LogP contribution is -2.28. The molecular formula is C29H26FN5O4. The van der Waals surface area contributed by atoms with Crippen LogP contribution >= 0.6 is 0 Å². The standard InChI is InChI=1S/C29H26FN5O4/c1-2-3-8-26-32-35(18-25(36)21-13-15-22(30)16-14-21)29(38)34(26)17-19-9-11-20(12-10-19)23-6-4-5-7-24(23)27-31-28(37)39-33-27/h4-7,9-16H,2-3,8,17-18H2,1H3,(H,31,33,37). The number of unbranched alkanes of at least 4 members (excludes halogenated alkanes) is 1. The maximum atomic E-state index is 13.3. The molecule has 0 atom stereocenters. The minimum Gasteiger partial charge on any atom is -0.296 e. The average Bonchev–Trinajstić information content (AvgIpc) is 3.51. The molecule has 0 aliphatic rings. The molecule has 0 aliphatic carbocycles. The Morgan fingerprint density at radius 3 is 2.36 bits per heavy atom. The first-order valence-electron chi connectivity index (χ1n) is 12.6. The van der Waals surface area contributed by atoms with E-state index in [4.69, 9.17) is 0 Å². The van der Waals surface area contributed by atoms with Crippen LogP contribution in [-0.2, 0) is 19.5 Å². The van der Waals surface area contributed by atoms with Crippen molar-refractivity contribution in [2.24, 2.45) is 0 Å². The number of nitrogens with zero attached hydrogens (tertiary/aromatic N) is 4. The van der Waals surface area contributed by atoms with E-state index in [2.05, 4.69) is 26.7 Å². The van der Waals surface area contributed by atoms with Crippen molar-refractivity contribution in [3.63, 3.8) is 0 Å². The van der Waals surface area contributed by atoms with Gasteiger partial charge in [-0.1, -0.05) is 67.0 Å². The van der Waals surface area contributed by atoms with Crippen molar-refractivity contribution in [1.82, 2.24) is 24.5 Å². The number of carbonyl (C=O) groups is 1. The molecule has 2 heterocycles. The Bertz CT molecular complexity index is 1710. The number of aryl methyl sites for hydroxylation is 1. The minimum atomic E-state index is -0.626. The van der Waals surface area contributed by atoms with Gasteiger partial charge in [-0.15, -0.1) is 0 Å². The summed E-state index contributed by atoms with van der Waals surface area (Å²) in [5, 5.41) is 8.27. The summed E-state index contributed by atoms with van der Waals surface area (Å²) >= 11 is 0. The van der Waals surface area contributed by atoms with Crippen molar-refractivity contribution in [1.29, 1.82) is 0 Å². The summed E-state index contributed by atoms with van der Waals surface area (Å²) in [6.07, 6.45) is 2.38. The Labute approximate surface area is 222 Å². The van der Waals surface area contributed by atoms with Gasteiger partial charge in [0.25, 0.3) is 0 Å². The van der Waals surface area contributed by atoms with E-state index in [-0.39, 0.29) is 18.0 Å². The highest BCUT2D eigenvalue weighted by molar-refractivity contribution is 5.95. The van der Waals surface area contributed by atoms with E-state index in [0.717, 1.165) is 35.1 Å². The second-order valence-electron chi connectivity index (χ2n) is 9.16. The van der Waals surface area contributed by atoms with Gasteiger partial charge in [-0.3, -0.25) is 18.9 Å². The molecule has 0 unspecified atom stereocenters. The maximum absolute atomic E-state index is 13.3. The van der Waals surface area contributed by atoms with Gasteiger partial charge in [0.15, 0.2) is 11.6 Å². The molecule has 0 aliphatic heterocycles. The zero-order chi connectivity index (χ0) is 27.4. The molecule has 0 saturated carbocycles. The second-order valence-corrected chi connectivity index (χ2v) is 9.16. The van der Waals surface area contributed by atoms with Gasteiger partial charge in [-0.25, -0.2) is 18.7 Å². The van der Waals surface area contributed by atoms with Crippen LogP contribution in [-0.4, -0.2) is 30.3 Å². The van der Waals surface area contributed by atoms with Crippen LogP contribution in [0, 0.1) is 5.82 Å². The number of hydrogen-bond donors (Lipinski definition) is 1. The molecule has 10 heteroatoms. The normalized spacial score (nSPS) is 11.1. The summed E-state index contributed by atoms with van der Waals surface area (Å²) in [6.45, 7) is 2.13. The number of H-pyrrole nitrogens is 1. The fraction of sp³-hybridized carbons (Fsp3) is 0.207. The van der Waals surface area contributed by atoms with Gasteiger partial charge in [0.2, 0.25) is 0 Å². The number of benzene rings is 3. The van der Waals surface area contributed by atoms with Crippen LogP contribution < -0.4 is 11.4 Å². The number of halogens is 1. The summed E-state index contributed by atoms with van der Waals surface area (Å²) in [5.74, 6) is -0.426. The first-order chi connectivity index (χ1) is 18.9. The van der Waals surface area contributed by atoms with Crippen LogP contribution in [0.5, 0.6) is 0 Å². The highest BCUT2D eigenvalue weighted by atomic mass is 19.1. The lowest BCUT2D eigenvalue weighted by atomic mass is 9.98. The van der Waals surface area contributed by atoms with Crippen molar-refractivity contribution in [3.05, 3.63) is 117 Å². The number of rotatable bonds is 10. The molecule has 3 aromatic carbocycles. The monoisotopic (exact) mass is 527 g/mol. The molecule has 0 radical (unpaired) electrons. The third kappa shape index (κ3) is 5.69. The number of carbonyl (C=O) groups excluding carboxylic acids is 1. The molecule has 1 N–H and O–H groups in total. The van der Waals surface area contributed by atoms with Gasteiger partial charge >= 0.3 is 11.4 Å². The van der Waals surface area contributed by atoms with Gasteiger partial charge in [-0.2, -0.15) is 5.10 Å². The van der Waals surface area contributed by atoms with Crippen molar-refractivity contribution in [3.8, 4) is 22.5 Å². The average molecular weight is 528 g/mol. The highest BCUT2D eigenvalue weighted by Crippen LogP contribution is 2.29. The van der Waals surface area contributed by atoms with E-state index in [0.29, 0.717) is 30.2 Å². The van der Waals surface area contributed by atoms with Crippen molar-refractivity contribution in [2.45, 2.75) is 39.3 Å². The van der Waals surface area contributed by atoms with Crippen LogP contribution in [0.2, 0.25) is 0 Å². The molecule has 0 spiro atoms. The molecule has 5 aromatic rings. The molecule has 198 valence electrons. The van der Waals surface area contributed by atoms with Crippen LogP contribution in [0.25, 0.3) is 22.5 Å². The fourth-order valence-corrected chi connectivity index (χ4v) is 4.39. The minimum absolute atomic E-state index is 0.226.